The maximum Gasteiger partial charge on any atom is 0.222 e. The molecular formula is C17H24INO2. The molecule has 0 bridgehead atoms. The fourth-order valence-electron chi connectivity index (χ4n) is 2.84. The Balaban J connectivity index is 1.93. The minimum absolute atomic E-state index is 0.491. The molecule has 1 aliphatic rings. The number of benzene rings is 1. The average Bonchev–Trinajstić information content (AvgIpc) is 2.48. The zero-order chi connectivity index (χ0) is 15.1. The number of hydrogen-bond donors (Lipinski definition) is 0. The first kappa shape index (κ1) is 16.6. The van der Waals surface area contributed by atoms with E-state index in [0.717, 1.165) is 11.5 Å². The zero-order valence-corrected chi connectivity index (χ0v) is 15.1. The van der Waals surface area contributed by atoms with Crippen molar-refractivity contribution in [1.29, 1.82) is 0 Å². The summed E-state index contributed by atoms with van der Waals surface area (Å²) in [5.41, 5.74) is 2.67. The van der Waals surface area contributed by atoms with E-state index >= 15 is 0 Å². The summed E-state index contributed by atoms with van der Waals surface area (Å²) in [5.74, 6) is 1.32. The molecule has 2 rings (SSSR count). The largest absolute Gasteiger partial charge is 0.479 e. The molecule has 0 amide bonds. The van der Waals surface area contributed by atoms with E-state index in [1.165, 1.54) is 41.2 Å². The Bertz CT molecular complexity index is 482. The van der Waals surface area contributed by atoms with Crippen molar-refractivity contribution in [1.82, 2.24) is 0 Å². The van der Waals surface area contributed by atoms with Crippen LogP contribution in [0.5, 0.6) is 0 Å². The number of nitrogens with zero attached hydrogens (tertiary/aromatic N) is 1. The molecule has 0 radical (unpaired) electrons. The van der Waals surface area contributed by atoms with Gasteiger partial charge in [0.25, 0.3) is 0 Å². The van der Waals surface area contributed by atoms with Crippen molar-refractivity contribution in [2.24, 2.45) is 5.16 Å². The van der Waals surface area contributed by atoms with Gasteiger partial charge in [-0.15, -0.1) is 0 Å². The molecular weight excluding hydrogens is 377 g/mol. The van der Waals surface area contributed by atoms with Crippen LogP contribution in [0.3, 0.4) is 0 Å². The minimum atomic E-state index is 0.491. The lowest BCUT2D eigenvalue weighted by atomic mass is 9.84. The van der Waals surface area contributed by atoms with Gasteiger partial charge in [-0.3, -0.25) is 0 Å². The topological polar surface area (TPSA) is 30.8 Å². The predicted octanol–water partition coefficient (Wildman–Crippen LogP) is 5.23. The van der Waals surface area contributed by atoms with E-state index in [9.17, 15) is 0 Å². The summed E-state index contributed by atoms with van der Waals surface area (Å²) in [6, 6.07) is 6.66. The van der Waals surface area contributed by atoms with Crippen molar-refractivity contribution in [2.45, 2.75) is 58.5 Å². The molecule has 3 nitrogen and oxygen atoms in total. The monoisotopic (exact) mass is 401 g/mol. The molecule has 116 valence electrons. The lowest BCUT2D eigenvalue weighted by Crippen LogP contribution is -2.06. The summed E-state index contributed by atoms with van der Waals surface area (Å²) in [6.07, 6.45) is 6.82. The van der Waals surface area contributed by atoms with Crippen molar-refractivity contribution >= 4 is 28.5 Å². The highest BCUT2D eigenvalue weighted by Crippen LogP contribution is 2.35. The van der Waals surface area contributed by atoms with Crippen LogP contribution in [0, 0.1) is 3.57 Å². The lowest BCUT2D eigenvalue weighted by Gasteiger charge is -2.23. The summed E-state index contributed by atoms with van der Waals surface area (Å²) in [4.78, 5) is 5.33. The van der Waals surface area contributed by atoms with Crippen LogP contribution in [-0.4, -0.2) is 12.5 Å². The van der Waals surface area contributed by atoms with Gasteiger partial charge in [-0.05, 0) is 65.5 Å². The molecule has 0 spiro atoms. The minimum Gasteiger partial charge on any atom is -0.479 e. The Morgan fingerprint density at radius 3 is 2.71 bits per heavy atom. The first-order valence-electron chi connectivity index (χ1n) is 7.78. The molecule has 0 N–H and O–H groups in total. The van der Waals surface area contributed by atoms with Crippen molar-refractivity contribution in [2.75, 3.05) is 6.61 Å². The molecule has 0 saturated heterocycles. The number of oxime groups is 1. The van der Waals surface area contributed by atoms with Crippen LogP contribution in [0.15, 0.2) is 23.4 Å². The molecule has 0 aromatic heterocycles. The van der Waals surface area contributed by atoms with Crippen molar-refractivity contribution in [3.8, 4) is 0 Å². The highest BCUT2D eigenvalue weighted by atomic mass is 127. The average molecular weight is 401 g/mol. The van der Waals surface area contributed by atoms with Gasteiger partial charge in [0.05, 0.1) is 6.61 Å². The standard InChI is InChI=1S/C17H24INO2/c1-3-20-13(2)19-21-12-14-9-10-16(17(18)11-14)15-7-5-4-6-8-15/h9-11,15H,3-8,12H2,1-2H3/b19-13-. The van der Waals surface area contributed by atoms with Gasteiger partial charge in [0.1, 0.15) is 6.61 Å². The van der Waals surface area contributed by atoms with Crippen LogP contribution in [0.2, 0.25) is 0 Å². The quantitative estimate of drug-likeness (QED) is 0.293. The van der Waals surface area contributed by atoms with E-state index in [-0.39, 0.29) is 0 Å². The second-order valence-corrected chi connectivity index (χ2v) is 6.67. The fourth-order valence-corrected chi connectivity index (χ4v) is 3.86. The highest BCUT2D eigenvalue weighted by Gasteiger charge is 2.17. The van der Waals surface area contributed by atoms with Gasteiger partial charge in [0.2, 0.25) is 5.90 Å². The van der Waals surface area contributed by atoms with Gasteiger partial charge in [0, 0.05) is 10.5 Å². The first-order valence-corrected chi connectivity index (χ1v) is 8.86. The molecule has 0 aliphatic heterocycles. The molecule has 0 heterocycles. The molecule has 1 fully saturated rings. The van der Waals surface area contributed by atoms with Gasteiger partial charge in [-0.2, -0.15) is 0 Å². The third kappa shape index (κ3) is 5.16. The van der Waals surface area contributed by atoms with Crippen LogP contribution in [0.4, 0.5) is 0 Å². The second-order valence-electron chi connectivity index (χ2n) is 5.51. The molecule has 21 heavy (non-hydrogen) atoms. The molecule has 1 saturated carbocycles. The van der Waals surface area contributed by atoms with Crippen LogP contribution >= 0.6 is 22.6 Å². The van der Waals surface area contributed by atoms with Crippen LogP contribution in [0.1, 0.15) is 63.0 Å². The lowest BCUT2D eigenvalue weighted by molar-refractivity contribution is 0.119. The maximum atomic E-state index is 5.33. The highest BCUT2D eigenvalue weighted by molar-refractivity contribution is 14.1. The third-order valence-electron chi connectivity index (χ3n) is 3.89. The Kier molecular flexibility index (Phi) is 6.80. The summed E-state index contributed by atoms with van der Waals surface area (Å²) in [5, 5.41) is 3.94. The van der Waals surface area contributed by atoms with Gasteiger partial charge in [-0.25, -0.2) is 0 Å². The summed E-state index contributed by atoms with van der Waals surface area (Å²) < 4.78 is 6.58. The van der Waals surface area contributed by atoms with Gasteiger partial charge in [-0.1, -0.05) is 36.6 Å². The predicted molar refractivity (Wildman–Crippen MR) is 94.5 cm³/mol. The van der Waals surface area contributed by atoms with Gasteiger partial charge < -0.3 is 9.57 Å². The van der Waals surface area contributed by atoms with E-state index in [1.807, 2.05) is 6.92 Å². The van der Waals surface area contributed by atoms with Gasteiger partial charge in [0.15, 0.2) is 0 Å². The van der Waals surface area contributed by atoms with E-state index in [0.29, 0.717) is 19.1 Å². The maximum absolute atomic E-state index is 5.33. The van der Waals surface area contributed by atoms with Crippen molar-refractivity contribution in [3.63, 3.8) is 0 Å². The molecule has 1 aromatic rings. The van der Waals surface area contributed by atoms with E-state index in [1.54, 1.807) is 6.92 Å². The fraction of sp³-hybridized carbons (Fsp3) is 0.588. The molecule has 0 atom stereocenters. The number of ether oxygens (including phenoxy) is 1. The molecule has 1 aromatic carbocycles. The SMILES string of the molecule is CCO/C(C)=N\OCc1ccc(C2CCCCC2)c(I)c1. The molecule has 0 unspecified atom stereocenters. The summed E-state index contributed by atoms with van der Waals surface area (Å²) >= 11 is 2.45. The molecule has 1 aliphatic carbocycles. The Morgan fingerprint density at radius 2 is 2.05 bits per heavy atom. The summed E-state index contributed by atoms with van der Waals surface area (Å²) in [6.45, 7) is 4.85. The second kappa shape index (κ2) is 8.61. The van der Waals surface area contributed by atoms with Crippen LogP contribution in [0.25, 0.3) is 0 Å². The first-order chi connectivity index (χ1) is 10.2. The number of rotatable bonds is 5. The Hall–Kier alpha value is -0.780. The number of hydrogen-bond acceptors (Lipinski definition) is 3. The summed E-state index contributed by atoms with van der Waals surface area (Å²) in [7, 11) is 0. The Morgan fingerprint density at radius 1 is 1.29 bits per heavy atom. The van der Waals surface area contributed by atoms with Crippen molar-refractivity contribution < 1.29 is 9.57 Å². The normalized spacial score (nSPS) is 16.8. The smallest absolute Gasteiger partial charge is 0.222 e. The van der Waals surface area contributed by atoms with E-state index < -0.39 is 0 Å². The Labute approximate surface area is 141 Å². The van der Waals surface area contributed by atoms with E-state index in [4.69, 9.17) is 9.57 Å². The van der Waals surface area contributed by atoms with E-state index in [2.05, 4.69) is 45.9 Å². The van der Waals surface area contributed by atoms with Crippen molar-refractivity contribution in [3.05, 3.63) is 32.9 Å². The van der Waals surface area contributed by atoms with Crippen LogP contribution in [-0.2, 0) is 16.2 Å². The number of halogens is 1. The molecule has 4 heteroatoms. The van der Waals surface area contributed by atoms with Crippen LogP contribution < -0.4 is 0 Å². The zero-order valence-electron chi connectivity index (χ0n) is 12.9. The van der Waals surface area contributed by atoms with Gasteiger partial charge >= 0.3 is 0 Å². The third-order valence-corrected chi connectivity index (χ3v) is 4.82.